The summed E-state index contributed by atoms with van der Waals surface area (Å²) in [4.78, 5) is -0.161. The normalized spacial score (nSPS) is 19.9. The van der Waals surface area contributed by atoms with Crippen LogP contribution in [0.4, 0.5) is 0 Å². The standard InChI is InChI=1S/C20H13ClO3S/c21-16-10-9-15-17-11-5-1-3-7-13(11)18(14-8-4-2-6-12(14)17)19(15)20(16)25(22,23)24/h1-10,17-18H,(H,22,23,24). The summed E-state index contributed by atoms with van der Waals surface area (Å²) >= 11 is 6.20. The molecule has 25 heavy (non-hydrogen) atoms. The predicted octanol–water partition coefficient (Wildman–Crippen LogP) is 4.57. The Balaban J connectivity index is 1.96. The van der Waals surface area contributed by atoms with Crippen LogP contribution in [0.15, 0.2) is 65.6 Å². The van der Waals surface area contributed by atoms with Gasteiger partial charge in [0.15, 0.2) is 0 Å². The topological polar surface area (TPSA) is 54.4 Å². The molecule has 2 bridgehead atoms. The van der Waals surface area contributed by atoms with Gasteiger partial charge in [-0.25, -0.2) is 0 Å². The Bertz CT molecular complexity index is 1100. The van der Waals surface area contributed by atoms with Crippen LogP contribution in [0.5, 0.6) is 0 Å². The molecule has 3 aliphatic carbocycles. The molecule has 6 rings (SSSR count). The van der Waals surface area contributed by atoms with E-state index in [9.17, 15) is 13.0 Å². The number of rotatable bonds is 1. The smallest absolute Gasteiger partial charge is 0.282 e. The minimum absolute atomic E-state index is 0.0508. The van der Waals surface area contributed by atoms with Crippen molar-refractivity contribution in [3.8, 4) is 0 Å². The zero-order valence-corrected chi connectivity index (χ0v) is 14.6. The van der Waals surface area contributed by atoms with Crippen molar-refractivity contribution in [1.29, 1.82) is 0 Å². The monoisotopic (exact) mass is 368 g/mol. The van der Waals surface area contributed by atoms with Gasteiger partial charge in [0.25, 0.3) is 10.1 Å². The maximum atomic E-state index is 12.1. The molecule has 3 aromatic carbocycles. The van der Waals surface area contributed by atoms with E-state index in [0.717, 1.165) is 16.7 Å². The van der Waals surface area contributed by atoms with Gasteiger partial charge in [-0.1, -0.05) is 66.2 Å². The molecule has 3 nitrogen and oxygen atoms in total. The largest absolute Gasteiger partial charge is 0.296 e. The van der Waals surface area contributed by atoms with Crippen LogP contribution in [-0.2, 0) is 10.1 Å². The first-order valence-electron chi connectivity index (χ1n) is 7.96. The highest BCUT2D eigenvalue weighted by atomic mass is 35.5. The Morgan fingerprint density at radius 3 is 1.68 bits per heavy atom. The fourth-order valence-electron chi connectivity index (χ4n) is 4.45. The van der Waals surface area contributed by atoms with Crippen LogP contribution in [0.25, 0.3) is 0 Å². The summed E-state index contributed by atoms with van der Waals surface area (Å²) in [7, 11) is -4.43. The molecule has 0 heterocycles. The number of benzene rings is 3. The van der Waals surface area contributed by atoms with Crippen molar-refractivity contribution >= 4 is 21.7 Å². The first-order valence-corrected chi connectivity index (χ1v) is 9.77. The minimum Gasteiger partial charge on any atom is -0.282 e. The molecule has 5 heteroatoms. The van der Waals surface area contributed by atoms with Crippen molar-refractivity contribution in [3.63, 3.8) is 0 Å². The molecule has 124 valence electrons. The van der Waals surface area contributed by atoms with E-state index in [0.29, 0.717) is 5.56 Å². The van der Waals surface area contributed by atoms with Gasteiger partial charge >= 0.3 is 0 Å². The lowest BCUT2D eigenvalue weighted by molar-refractivity contribution is 0.481. The molecule has 3 aromatic rings. The second-order valence-corrected chi connectivity index (χ2v) is 8.24. The fraction of sp³-hybridized carbons (Fsp3) is 0.100. The number of hydrogen-bond acceptors (Lipinski definition) is 2. The van der Waals surface area contributed by atoms with E-state index in [1.54, 1.807) is 6.07 Å². The lowest BCUT2D eigenvalue weighted by atomic mass is 9.61. The van der Waals surface area contributed by atoms with Gasteiger partial charge in [-0.2, -0.15) is 8.42 Å². The molecule has 0 fully saturated rings. The van der Waals surface area contributed by atoms with Crippen LogP contribution < -0.4 is 0 Å². The molecule has 0 unspecified atom stereocenters. The van der Waals surface area contributed by atoms with E-state index < -0.39 is 10.1 Å². The summed E-state index contributed by atoms with van der Waals surface area (Å²) in [6, 6.07) is 19.6. The van der Waals surface area contributed by atoms with Crippen molar-refractivity contribution in [2.75, 3.05) is 0 Å². The SMILES string of the molecule is O=S(=O)(O)c1c(Cl)ccc2c1C1c3ccccc3C2c2ccccc21. The summed E-state index contributed by atoms with van der Waals surface area (Å²) in [6.07, 6.45) is 0. The second kappa shape index (κ2) is 4.94. The Morgan fingerprint density at radius 2 is 1.20 bits per heavy atom. The summed E-state index contributed by atoms with van der Waals surface area (Å²) in [5, 5.41) is 0.0590. The lowest BCUT2D eigenvalue weighted by Gasteiger charge is -2.42. The van der Waals surface area contributed by atoms with Crippen LogP contribution in [0.1, 0.15) is 45.2 Å². The molecule has 0 radical (unpaired) electrons. The van der Waals surface area contributed by atoms with E-state index >= 15 is 0 Å². The molecule has 0 atom stereocenters. The molecule has 0 saturated carbocycles. The highest BCUT2D eigenvalue weighted by molar-refractivity contribution is 7.86. The summed E-state index contributed by atoms with van der Waals surface area (Å²) in [5.41, 5.74) is 6.03. The molecular weight excluding hydrogens is 356 g/mol. The predicted molar refractivity (Wildman–Crippen MR) is 96.0 cm³/mol. The van der Waals surface area contributed by atoms with Gasteiger partial charge in [-0.3, -0.25) is 4.55 Å². The van der Waals surface area contributed by atoms with E-state index in [2.05, 4.69) is 12.1 Å². The summed E-state index contributed by atoms with van der Waals surface area (Å²) in [5.74, 6) is -0.298. The molecular formula is C20H13ClO3S. The maximum absolute atomic E-state index is 12.1. The van der Waals surface area contributed by atoms with Crippen LogP contribution in [0.3, 0.4) is 0 Å². The van der Waals surface area contributed by atoms with Gasteiger partial charge in [0.2, 0.25) is 0 Å². The molecule has 0 spiro atoms. The van der Waals surface area contributed by atoms with E-state index in [1.807, 2.05) is 42.5 Å². The van der Waals surface area contributed by atoms with Gasteiger partial charge in [0, 0.05) is 11.8 Å². The van der Waals surface area contributed by atoms with Crippen LogP contribution in [-0.4, -0.2) is 13.0 Å². The van der Waals surface area contributed by atoms with Crippen molar-refractivity contribution in [1.82, 2.24) is 0 Å². The second-order valence-electron chi connectivity index (χ2n) is 6.48. The summed E-state index contributed by atoms with van der Waals surface area (Å²) < 4.78 is 34.0. The van der Waals surface area contributed by atoms with Gasteiger partial charge in [-0.15, -0.1) is 0 Å². The molecule has 3 aliphatic rings. The molecule has 1 N–H and O–H groups in total. The number of hydrogen-bond donors (Lipinski definition) is 1. The zero-order chi connectivity index (χ0) is 17.3. The van der Waals surface area contributed by atoms with Crippen molar-refractivity contribution < 1.29 is 13.0 Å². The minimum atomic E-state index is -4.43. The summed E-state index contributed by atoms with van der Waals surface area (Å²) in [6.45, 7) is 0. The third-order valence-electron chi connectivity index (χ3n) is 5.28. The maximum Gasteiger partial charge on any atom is 0.296 e. The first kappa shape index (κ1) is 15.1. The highest BCUT2D eigenvalue weighted by Gasteiger charge is 2.44. The molecule has 0 amide bonds. The van der Waals surface area contributed by atoms with Crippen LogP contribution in [0.2, 0.25) is 5.02 Å². The zero-order valence-electron chi connectivity index (χ0n) is 13.0. The Hall–Kier alpha value is -2.14. The quantitative estimate of drug-likeness (QED) is 0.441. The Labute approximate surface area is 150 Å². The third kappa shape index (κ3) is 1.93. The van der Waals surface area contributed by atoms with Gasteiger partial charge in [0.1, 0.15) is 4.90 Å². The molecule has 0 aliphatic heterocycles. The average molecular weight is 369 g/mol. The molecule has 0 aromatic heterocycles. The van der Waals surface area contributed by atoms with Gasteiger partial charge in [0.05, 0.1) is 5.02 Å². The van der Waals surface area contributed by atoms with Crippen molar-refractivity contribution in [2.24, 2.45) is 0 Å². The van der Waals surface area contributed by atoms with Crippen molar-refractivity contribution in [3.05, 3.63) is 99.1 Å². The number of halogens is 1. The third-order valence-corrected chi connectivity index (χ3v) is 6.66. The van der Waals surface area contributed by atoms with Gasteiger partial charge < -0.3 is 0 Å². The Kier molecular flexibility index (Phi) is 2.99. The average Bonchev–Trinajstić information content (AvgIpc) is 2.60. The fourth-order valence-corrected chi connectivity index (χ4v) is 5.74. The van der Waals surface area contributed by atoms with Crippen LogP contribution in [0, 0.1) is 0 Å². The highest BCUT2D eigenvalue weighted by Crippen LogP contribution is 2.57. The lowest BCUT2D eigenvalue weighted by Crippen LogP contribution is -2.29. The Morgan fingerprint density at radius 1 is 0.720 bits per heavy atom. The molecule has 0 saturated heterocycles. The van der Waals surface area contributed by atoms with E-state index in [-0.39, 0.29) is 21.8 Å². The van der Waals surface area contributed by atoms with E-state index in [4.69, 9.17) is 11.6 Å². The first-order chi connectivity index (χ1) is 12.0. The van der Waals surface area contributed by atoms with Crippen LogP contribution >= 0.6 is 11.6 Å². The van der Waals surface area contributed by atoms with E-state index in [1.165, 1.54) is 11.1 Å². The van der Waals surface area contributed by atoms with Gasteiger partial charge in [-0.05, 0) is 39.4 Å². The van der Waals surface area contributed by atoms with Crippen molar-refractivity contribution in [2.45, 2.75) is 16.7 Å².